The maximum atomic E-state index is 13.7. The monoisotopic (exact) mass is 248 g/mol. The fourth-order valence-corrected chi connectivity index (χ4v) is 1.66. The van der Waals surface area contributed by atoms with Crippen LogP contribution < -0.4 is 4.90 Å². The molecule has 0 aliphatic carbocycles. The molecule has 0 N–H and O–H groups in total. The molecule has 0 spiro atoms. The van der Waals surface area contributed by atoms with Gasteiger partial charge in [-0.15, -0.1) is 0 Å². The smallest absolute Gasteiger partial charge is 0.183 e. The van der Waals surface area contributed by atoms with Gasteiger partial charge in [0, 0.05) is 19.2 Å². The summed E-state index contributed by atoms with van der Waals surface area (Å²) in [6.45, 7) is 0.388. The Kier molecular flexibility index (Phi) is 3.28. The fourth-order valence-electron chi connectivity index (χ4n) is 1.66. The lowest BCUT2D eigenvalue weighted by atomic mass is 10.2. The lowest BCUT2D eigenvalue weighted by molar-refractivity contribution is 0.505. The van der Waals surface area contributed by atoms with E-state index in [-0.39, 0.29) is 11.3 Å². The van der Waals surface area contributed by atoms with Crippen LogP contribution in [-0.2, 0) is 6.54 Å². The van der Waals surface area contributed by atoms with Gasteiger partial charge in [-0.05, 0) is 18.2 Å². The highest BCUT2D eigenvalue weighted by molar-refractivity contribution is 5.51. The number of benzene rings is 1. The first kappa shape index (κ1) is 12.1. The Morgan fingerprint density at radius 2 is 2.06 bits per heavy atom. The Morgan fingerprint density at radius 1 is 1.28 bits per heavy atom. The van der Waals surface area contributed by atoms with E-state index in [1.54, 1.807) is 24.1 Å². The van der Waals surface area contributed by atoms with Crippen molar-refractivity contribution in [2.45, 2.75) is 6.54 Å². The van der Waals surface area contributed by atoms with Crippen LogP contribution in [0.15, 0.2) is 35.1 Å². The molecule has 0 saturated carbocycles. The van der Waals surface area contributed by atoms with E-state index in [0.717, 1.165) is 5.56 Å². The van der Waals surface area contributed by atoms with E-state index in [1.807, 2.05) is 0 Å². The second-order valence-corrected chi connectivity index (χ2v) is 3.86. The van der Waals surface area contributed by atoms with Gasteiger partial charge in [0.05, 0.1) is 23.8 Å². The van der Waals surface area contributed by atoms with Gasteiger partial charge in [0.25, 0.3) is 0 Å². The van der Waals surface area contributed by atoms with E-state index >= 15 is 0 Å². The number of anilines is 1. The van der Waals surface area contributed by atoms with E-state index in [9.17, 15) is 8.78 Å². The van der Waals surface area contributed by atoms with Crippen LogP contribution in [0.2, 0.25) is 0 Å². The average Bonchev–Trinajstić information content (AvgIpc) is 2.85. The molecule has 92 valence electrons. The molecular weight excluding hydrogens is 238 g/mol. The van der Waals surface area contributed by atoms with Crippen LogP contribution in [0.1, 0.15) is 11.1 Å². The first-order chi connectivity index (χ1) is 8.63. The molecule has 0 amide bonds. The predicted molar refractivity (Wildman–Crippen MR) is 61.9 cm³/mol. The minimum Gasteiger partial charge on any atom is -0.472 e. The van der Waals surface area contributed by atoms with Crippen LogP contribution in [0.25, 0.3) is 0 Å². The Balaban J connectivity index is 2.29. The van der Waals surface area contributed by atoms with Gasteiger partial charge in [0.1, 0.15) is 6.07 Å². The maximum Gasteiger partial charge on any atom is 0.183 e. The number of rotatable bonds is 3. The van der Waals surface area contributed by atoms with Crippen molar-refractivity contribution in [1.82, 2.24) is 0 Å². The highest BCUT2D eigenvalue weighted by Gasteiger charge is 2.16. The molecule has 5 heteroatoms. The van der Waals surface area contributed by atoms with Crippen LogP contribution in [-0.4, -0.2) is 7.05 Å². The molecule has 0 aliphatic heterocycles. The van der Waals surface area contributed by atoms with Gasteiger partial charge >= 0.3 is 0 Å². The van der Waals surface area contributed by atoms with Crippen molar-refractivity contribution in [3.05, 3.63) is 53.5 Å². The summed E-state index contributed by atoms with van der Waals surface area (Å²) in [6.07, 6.45) is 3.05. The summed E-state index contributed by atoms with van der Waals surface area (Å²) < 4.78 is 32.1. The SMILES string of the molecule is CN(Cc1ccoc1)c1ccc(C#N)c(F)c1F. The molecule has 3 nitrogen and oxygen atoms in total. The lowest BCUT2D eigenvalue weighted by Crippen LogP contribution is -2.18. The molecule has 18 heavy (non-hydrogen) atoms. The minimum absolute atomic E-state index is 0.104. The molecule has 1 aromatic carbocycles. The molecule has 2 rings (SSSR count). The van der Waals surface area contributed by atoms with E-state index in [0.29, 0.717) is 6.54 Å². The normalized spacial score (nSPS) is 10.1. The minimum atomic E-state index is -1.12. The Labute approximate surface area is 103 Å². The van der Waals surface area contributed by atoms with Gasteiger partial charge in [-0.25, -0.2) is 8.78 Å². The molecule has 0 bridgehead atoms. The van der Waals surface area contributed by atoms with Gasteiger partial charge in [-0.2, -0.15) is 5.26 Å². The average molecular weight is 248 g/mol. The molecular formula is C13H10F2N2O. The van der Waals surface area contributed by atoms with Crippen LogP contribution in [0.5, 0.6) is 0 Å². The van der Waals surface area contributed by atoms with Crippen molar-refractivity contribution in [1.29, 1.82) is 5.26 Å². The summed E-state index contributed by atoms with van der Waals surface area (Å²) >= 11 is 0. The van der Waals surface area contributed by atoms with Gasteiger partial charge in [-0.3, -0.25) is 0 Å². The van der Waals surface area contributed by atoms with E-state index < -0.39 is 11.6 Å². The third-order valence-corrected chi connectivity index (χ3v) is 2.59. The molecule has 0 radical (unpaired) electrons. The third-order valence-electron chi connectivity index (χ3n) is 2.59. The standard InChI is InChI=1S/C13H10F2N2O/c1-17(7-9-4-5-18-8-9)11-3-2-10(6-16)12(14)13(11)15/h2-5,8H,7H2,1H3. The number of nitriles is 1. The van der Waals surface area contributed by atoms with Gasteiger partial charge in [-0.1, -0.05) is 0 Å². The van der Waals surface area contributed by atoms with Crippen LogP contribution in [0.4, 0.5) is 14.5 Å². The second kappa shape index (κ2) is 4.88. The summed E-state index contributed by atoms with van der Waals surface area (Å²) in [5, 5.41) is 8.60. The number of furan rings is 1. The van der Waals surface area contributed by atoms with Crippen LogP contribution in [0.3, 0.4) is 0 Å². The number of hydrogen-bond donors (Lipinski definition) is 0. The van der Waals surface area contributed by atoms with Crippen molar-refractivity contribution in [3.8, 4) is 6.07 Å². The summed E-state index contributed by atoms with van der Waals surface area (Å²) in [5.74, 6) is -2.13. The molecule has 0 fully saturated rings. The molecule has 0 aliphatic rings. The predicted octanol–water partition coefficient (Wildman–Crippen LogP) is 3.07. The highest BCUT2D eigenvalue weighted by atomic mass is 19.2. The lowest BCUT2D eigenvalue weighted by Gasteiger charge is -2.19. The van der Waals surface area contributed by atoms with Gasteiger partial charge in [0.15, 0.2) is 11.6 Å². The zero-order valence-corrected chi connectivity index (χ0v) is 9.65. The molecule has 0 atom stereocenters. The quantitative estimate of drug-likeness (QED) is 0.838. The summed E-state index contributed by atoms with van der Waals surface area (Å²) in [4.78, 5) is 1.55. The summed E-state index contributed by atoms with van der Waals surface area (Å²) in [7, 11) is 1.64. The van der Waals surface area contributed by atoms with E-state index in [2.05, 4.69) is 0 Å². The largest absolute Gasteiger partial charge is 0.472 e. The molecule has 2 aromatic rings. The number of nitrogens with zero attached hydrogens (tertiary/aromatic N) is 2. The Morgan fingerprint density at radius 3 is 2.67 bits per heavy atom. The topological polar surface area (TPSA) is 40.2 Å². The highest BCUT2D eigenvalue weighted by Crippen LogP contribution is 2.24. The third kappa shape index (κ3) is 2.18. The van der Waals surface area contributed by atoms with Crippen molar-refractivity contribution >= 4 is 5.69 Å². The van der Waals surface area contributed by atoms with Crippen molar-refractivity contribution in [2.24, 2.45) is 0 Å². The van der Waals surface area contributed by atoms with E-state index in [4.69, 9.17) is 9.68 Å². The summed E-state index contributed by atoms with van der Waals surface area (Å²) in [5.41, 5.74) is 0.655. The van der Waals surface area contributed by atoms with Gasteiger partial charge < -0.3 is 9.32 Å². The van der Waals surface area contributed by atoms with Crippen LogP contribution >= 0.6 is 0 Å². The zero-order chi connectivity index (χ0) is 13.1. The zero-order valence-electron chi connectivity index (χ0n) is 9.65. The Bertz CT molecular complexity index is 588. The summed E-state index contributed by atoms with van der Waals surface area (Å²) in [6, 6.07) is 5.99. The van der Waals surface area contributed by atoms with Crippen molar-refractivity contribution < 1.29 is 13.2 Å². The fraction of sp³-hybridized carbons (Fsp3) is 0.154. The maximum absolute atomic E-state index is 13.7. The van der Waals surface area contributed by atoms with E-state index in [1.165, 1.54) is 24.7 Å². The molecule has 0 saturated heterocycles. The van der Waals surface area contributed by atoms with Gasteiger partial charge in [0.2, 0.25) is 0 Å². The number of halogens is 2. The van der Waals surface area contributed by atoms with Crippen molar-refractivity contribution in [2.75, 3.05) is 11.9 Å². The second-order valence-electron chi connectivity index (χ2n) is 3.86. The molecule has 1 heterocycles. The number of hydrogen-bond acceptors (Lipinski definition) is 3. The molecule has 1 aromatic heterocycles. The Hall–Kier alpha value is -2.35. The molecule has 0 unspecified atom stereocenters. The first-order valence-corrected chi connectivity index (χ1v) is 5.23. The van der Waals surface area contributed by atoms with Crippen LogP contribution in [0, 0.1) is 23.0 Å². The van der Waals surface area contributed by atoms with Crippen molar-refractivity contribution in [3.63, 3.8) is 0 Å². The first-order valence-electron chi connectivity index (χ1n) is 5.23.